The van der Waals surface area contributed by atoms with Crippen LogP contribution < -0.4 is 5.32 Å². The third-order valence-electron chi connectivity index (χ3n) is 2.60. The molecule has 1 heterocycles. The fourth-order valence-electron chi connectivity index (χ4n) is 1.58. The second kappa shape index (κ2) is 5.89. The number of aliphatic hydroxyl groups is 1. The SMILES string of the molecule is CCC(CC(C)CO)NC1CSC1. The smallest absolute Gasteiger partial charge is 0.0457 e. The highest BCUT2D eigenvalue weighted by atomic mass is 32.2. The number of hydrogen-bond acceptors (Lipinski definition) is 3. The molecule has 1 saturated heterocycles. The second-order valence-corrected chi connectivity index (χ2v) is 5.10. The molecule has 1 rings (SSSR count). The van der Waals surface area contributed by atoms with Crippen LogP contribution in [-0.4, -0.2) is 35.3 Å². The monoisotopic (exact) mass is 203 g/mol. The number of aliphatic hydroxyl groups excluding tert-OH is 1. The van der Waals surface area contributed by atoms with Crippen LogP contribution in [0.1, 0.15) is 26.7 Å². The maximum atomic E-state index is 8.95. The van der Waals surface area contributed by atoms with Crippen molar-refractivity contribution in [3.05, 3.63) is 0 Å². The molecular weight excluding hydrogens is 182 g/mol. The summed E-state index contributed by atoms with van der Waals surface area (Å²) in [7, 11) is 0. The summed E-state index contributed by atoms with van der Waals surface area (Å²) in [5, 5.41) is 12.6. The van der Waals surface area contributed by atoms with E-state index in [1.807, 2.05) is 11.8 Å². The molecular formula is C10H21NOS. The van der Waals surface area contributed by atoms with E-state index in [4.69, 9.17) is 5.11 Å². The quantitative estimate of drug-likeness (QED) is 0.686. The number of hydrogen-bond donors (Lipinski definition) is 2. The zero-order valence-corrected chi connectivity index (χ0v) is 9.44. The van der Waals surface area contributed by atoms with Crippen molar-refractivity contribution in [2.75, 3.05) is 18.1 Å². The van der Waals surface area contributed by atoms with Crippen LogP contribution in [0.2, 0.25) is 0 Å². The molecule has 1 fully saturated rings. The average Bonchev–Trinajstić information content (AvgIpc) is 2.08. The summed E-state index contributed by atoms with van der Waals surface area (Å²) in [6.07, 6.45) is 2.28. The average molecular weight is 203 g/mol. The summed E-state index contributed by atoms with van der Waals surface area (Å²) in [5.41, 5.74) is 0. The lowest BCUT2D eigenvalue weighted by Crippen LogP contribution is -2.46. The van der Waals surface area contributed by atoms with Crippen LogP contribution in [0.4, 0.5) is 0 Å². The van der Waals surface area contributed by atoms with Crippen molar-refractivity contribution in [2.24, 2.45) is 5.92 Å². The van der Waals surface area contributed by atoms with Crippen LogP contribution in [0.15, 0.2) is 0 Å². The van der Waals surface area contributed by atoms with E-state index >= 15 is 0 Å². The van der Waals surface area contributed by atoms with Crippen molar-refractivity contribution in [3.63, 3.8) is 0 Å². The molecule has 2 atom stereocenters. The zero-order valence-electron chi connectivity index (χ0n) is 8.62. The Morgan fingerprint density at radius 2 is 2.23 bits per heavy atom. The number of rotatable bonds is 6. The van der Waals surface area contributed by atoms with Crippen molar-refractivity contribution < 1.29 is 5.11 Å². The van der Waals surface area contributed by atoms with Crippen LogP contribution in [0, 0.1) is 5.92 Å². The highest BCUT2D eigenvalue weighted by Crippen LogP contribution is 2.19. The van der Waals surface area contributed by atoms with Gasteiger partial charge >= 0.3 is 0 Å². The standard InChI is InChI=1S/C10H21NOS/c1-3-9(4-8(2)5-12)11-10-6-13-7-10/h8-12H,3-7H2,1-2H3. The normalized spacial score (nSPS) is 22.4. The Labute approximate surface area is 85.5 Å². The van der Waals surface area contributed by atoms with Gasteiger partial charge in [0.25, 0.3) is 0 Å². The second-order valence-electron chi connectivity index (χ2n) is 4.03. The number of nitrogens with one attached hydrogen (secondary N) is 1. The van der Waals surface area contributed by atoms with E-state index in [0.717, 1.165) is 12.5 Å². The maximum Gasteiger partial charge on any atom is 0.0457 e. The maximum absolute atomic E-state index is 8.95. The lowest BCUT2D eigenvalue weighted by atomic mass is 10.0. The van der Waals surface area contributed by atoms with E-state index in [9.17, 15) is 0 Å². The highest BCUT2D eigenvalue weighted by Gasteiger charge is 2.21. The van der Waals surface area contributed by atoms with E-state index < -0.39 is 0 Å². The summed E-state index contributed by atoms with van der Waals surface area (Å²) in [5.74, 6) is 2.97. The van der Waals surface area contributed by atoms with Gasteiger partial charge in [-0.05, 0) is 18.8 Å². The topological polar surface area (TPSA) is 32.3 Å². The molecule has 0 aliphatic carbocycles. The Kier molecular flexibility index (Phi) is 5.14. The molecule has 0 spiro atoms. The van der Waals surface area contributed by atoms with Gasteiger partial charge in [-0.3, -0.25) is 0 Å². The Bertz CT molecular complexity index is 132. The van der Waals surface area contributed by atoms with Gasteiger partial charge < -0.3 is 10.4 Å². The summed E-state index contributed by atoms with van der Waals surface area (Å²) in [4.78, 5) is 0. The fraction of sp³-hybridized carbons (Fsp3) is 1.00. The Morgan fingerprint density at radius 3 is 2.62 bits per heavy atom. The number of thioether (sulfide) groups is 1. The van der Waals surface area contributed by atoms with Crippen molar-refractivity contribution >= 4 is 11.8 Å². The minimum absolute atomic E-state index is 0.317. The summed E-state index contributed by atoms with van der Waals surface area (Å²) in [6, 6.07) is 1.34. The summed E-state index contributed by atoms with van der Waals surface area (Å²) in [6.45, 7) is 4.64. The summed E-state index contributed by atoms with van der Waals surface area (Å²) < 4.78 is 0. The van der Waals surface area contributed by atoms with Gasteiger partial charge in [0.1, 0.15) is 0 Å². The fourth-order valence-corrected chi connectivity index (χ4v) is 2.24. The van der Waals surface area contributed by atoms with Gasteiger partial charge in [0, 0.05) is 30.2 Å². The largest absolute Gasteiger partial charge is 0.396 e. The van der Waals surface area contributed by atoms with Crippen LogP contribution in [0.3, 0.4) is 0 Å². The van der Waals surface area contributed by atoms with E-state index in [1.165, 1.54) is 17.9 Å². The van der Waals surface area contributed by atoms with Crippen LogP contribution in [0.5, 0.6) is 0 Å². The summed E-state index contributed by atoms with van der Waals surface area (Å²) >= 11 is 2.01. The van der Waals surface area contributed by atoms with Crippen LogP contribution in [-0.2, 0) is 0 Å². The molecule has 3 heteroatoms. The first kappa shape index (κ1) is 11.3. The molecule has 13 heavy (non-hydrogen) atoms. The molecule has 2 nitrogen and oxygen atoms in total. The molecule has 0 saturated carbocycles. The van der Waals surface area contributed by atoms with Crippen molar-refractivity contribution in [2.45, 2.75) is 38.8 Å². The lowest BCUT2D eigenvalue weighted by molar-refractivity contribution is 0.214. The predicted octanol–water partition coefficient (Wildman–Crippen LogP) is 1.49. The Morgan fingerprint density at radius 1 is 1.54 bits per heavy atom. The van der Waals surface area contributed by atoms with E-state index in [2.05, 4.69) is 19.2 Å². The molecule has 0 bridgehead atoms. The van der Waals surface area contributed by atoms with Gasteiger partial charge in [-0.15, -0.1) is 0 Å². The van der Waals surface area contributed by atoms with Crippen molar-refractivity contribution in [1.29, 1.82) is 0 Å². The van der Waals surface area contributed by atoms with E-state index in [-0.39, 0.29) is 0 Å². The van der Waals surface area contributed by atoms with E-state index in [1.54, 1.807) is 0 Å². The van der Waals surface area contributed by atoms with Gasteiger partial charge in [-0.1, -0.05) is 13.8 Å². The minimum atomic E-state index is 0.317. The van der Waals surface area contributed by atoms with Gasteiger partial charge in [0.15, 0.2) is 0 Å². The molecule has 0 aromatic rings. The van der Waals surface area contributed by atoms with Crippen molar-refractivity contribution in [1.82, 2.24) is 5.32 Å². The predicted molar refractivity (Wildman–Crippen MR) is 59.2 cm³/mol. The molecule has 1 aliphatic heterocycles. The first-order valence-electron chi connectivity index (χ1n) is 5.20. The third kappa shape index (κ3) is 3.88. The molecule has 0 aromatic carbocycles. The molecule has 0 radical (unpaired) electrons. The van der Waals surface area contributed by atoms with Gasteiger partial charge in [-0.2, -0.15) is 11.8 Å². The first-order valence-corrected chi connectivity index (χ1v) is 6.36. The zero-order chi connectivity index (χ0) is 9.68. The van der Waals surface area contributed by atoms with Crippen LogP contribution >= 0.6 is 11.8 Å². The lowest BCUT2D eigenvalue weighted by Gasteiger charge is -2.31. The van der Waals surface area contributed by atoms with Gasteiger partial charge in [0.05, 0.1) is 0 Å². The molecule has 2 unspecified atom stereocenters. The van der Waals surface area contributed by atoms with Gasteiger partial charge in [0.2, 0.25) is 0 Å². The molecule has 78 valence electrons. The molecule has 0 aromatic heterocycles. The Balaban J connectivity index is 2.16. The first-order chi connectivity index (χ1) is 6.26. The molecule has 1 aliphatic rings. The van der Waals surface area contributed by atoms with Gasteiger partial charge in [-0.25, -0.2) is 0 Å². The van der Waals surface area contributed by atoms with Crippen LogP contribution in [0.25, 0.3) is 0 Å². The molecule has 0 amide bonds. The molecule has 2 N–H and O–H groups in total. The van der Waals surface area contributed by atoms with Crippen molar-refractivity contribution in [3.8, 4) is 0 Å². The Hall–Kier alpha value is 0.270. The minimum Gasteiger partial charge on any atom is -0.396 e. The van der Waals surface area contributed by atoms with E-state index in [0.29, 0.717) is 18.6 Å². The third-order valence-corrected chi connectivity index (χ3v) is 3.88. The highest BCUT2D eigenvalue weighted by molar-refractivity contribution is 8.00.